The van der Waals surface area contributed by atoms with E-state index in [9.17, 15) is 4.79 Å². The van der Waals surface area contributed by atoms with Gasteiger partial charge in [-0.1, -0.05) is 0 Å². The average molecular weight is 335 g/mol. The highest BCUT2D eigenvalue weighted by Crippen LogP contribution is 2.22. The second kappa shape index (κ2) is 6.55. The van der Waals surface area contributed by atoms with Crippen molar-refractivity contribution in [1.82, 2.24) is 24.5 Å². The fourth-order valence-electron chi connectivity index (χ4n) is 3.35. The van der Waals surface area contributed by atoms with Crippen LogP contribution in [0.4, 0.5) is 0 Å². The molecule has 0 saturated carbocycles. The van der Waals surface area contributed by atoms with Gasteiger partial charge in [-0.3, -0.25) is 9.48 Å². The van der Waals surface area contributed by atoms with Gasteiger partial charge in [-0.25, -0.2) is 4.68 Å². The lowest BCUT2D eigenvalue weighted by Gasteiger charge is -2.33. The molecule has 2 aromatic heterocycles. The van der Waals surface area contributed by atoms with Gasteiger partial charge in [-0.15, -0.1) is 0 Å². The van der Waals surface area contributed by atoms with Crippen molar-refractivity contribution in [1.29, 1.82) is 0 Å². The Hall–Kier alpha value is -2.89. The normalized spacial score (nSPS) is 17.6. The lowest BCUT2D eigenvalue weighted by atomic mass is 10.0. The van der Waals surface area contributed by atoms with Crippen molar-refractivity contribution in [2.45, 2.75) is 25.8 Å². The van der Waals surface area contributed by atoms with E-state index < -0.39 is 0 Å². The van der Waals surface area contributed by atoms with E-state index >= 15 is 0 Å². The van der Waals surface area contributed by atoms with E-state index in [1.54, 1.807) is 6.20 Å². The van der Waals surface area contributed by atoms with Crippen molar-refractivity contribution in [3.05, 3.63) is 66.2 Å². The van der Waals surface area contributed by atoms with E-state index in [-0.39, 0.29) is 11.9 Å². The summed E-state index contributed by atoms with van der Waals surface area (Å²) in [6.07, 6.45) is 9.61. The van der Waals surface area contributed by atoms with Crippen molar-refractivity contribution in [3.63, 3.8) is 0 Å². The summed E-state index contributed by atoms with van der Waals surface area (Å²) in [5.74, 6) is 0.0834. The van der Waals surface area contributed by atoms with E-state index in [1.165, 1.54) is 0 Å². The Kier molecular flexibility index (Phi) is 4.09. The van der Waals surface area contributed by atoms with Gasteiger partial charge in [-0.2, -0.15) is 10.2 Å². The number of likely N-dealkylation sites (tertiary alicyclic amines) is 1. The van der Waals surface area contributed by atoms with Gasteiger partial charge in [-0.05, 0) is 55.7 Å². The molecule has 1 aromatic carbocycles. The molecular formula is C19H21N5O. The number of hydrogen-bond acceptors (Lipinski definition) is 3. The second-order valence-corrected chi connectivity index (χ2v) is 6.54. The molecule has 1 atom stereocenters. The summed E-state index contributed by atoms with van der Waals surface area (Å²) >= 11 is 0. The van der Waals surface area contributed by atoms with Crippen LogP contribution >= 0.6 is 0 Å². The van der Waals surface area contributed by atoms with E-state index in [0.29, 0.717) is 12.1 Å². The summed E-state index contributed by atoms with van der Waals surface area (Å²) in [5, 5.41) is 8.62. The van der Waals surface area contributed by atoms with Gasteiger partial charge in [0.1, 0.15) is 0 Å². The Bertz CT molecular complexity index is 850. The molecule has 25 heavy (non-hydrogen) atoms. The number of aryl methyl sites for hydroxylation is 1. The third kappa shape index (κ3) is 3.20. The molecule has 0 aliphatic carbocycles. The predicted octanol–water partition coefficient (Wildman–Crippen LogP) is 2.85. The molecule has 0 N–H and O–H groups in total. The van der Waals surface area contributed by atoms with E-state index in [4.69, 9.17) is 0 Å². The van der Waals surface area contributed by atoms with Crippen LogP contribution in [-0.2, 0) is 0 Å². The second-order valence-electron chi connectivity index (χ2n) is 6.54. The number of piperidine rings is 1. The fourth-order valence-corrected chi connectivity index (χ4v) is 3.35. The van der Waals surface area contributed by atoms with Gasteiger partial charge in [0, 0.05) is 37.2 Å². The fraction of sp³-hybridized carbons (Fsp3) is 0.316. The molecule has 0 radical (unpaired) electrons. The maximum atomic E-state index is 12.8. The first-order valence-corrected chi connectivity index (χ1v) is 8.61. The van der Waals surface area contributed by atoms with Crippen LogP contribution in [0.25, 0.3) is 5.69 Å². The third-order valence-electron chi connectivity index (χ3n) is 4.67. The number of carbonyl (C=O) groups is 1. The Morgan fingerprint density at radius 3 is 2.72 bits per heavy atom. The molecule has 1 amide bonds. The Morgan fingerprint density at radius 1 is 1.20 bits per heavy atom. The predicted molar refractivity (Wildman–Crippen MR) is 94.7 cm³/mol. The van der Waals surface area contributed by atoms with E-state index in [1.807, 2.05) is 70.1 Å². The maximum absolute atomic E-state index is 12.8. The van der Waals surface area contributed by atoms with Crippen LogP contribution in [0.5, 0.6) is 0 Å². The summed E-state index contributed by atoms with van der Waals surface area (Å²) in [6, 6.07) is 9.83. The molecular weight excluding hydrogens is 314 g/mol. The van der Waals surface area contributed by atoms with Crippen LogP contribution in [0.1, 0.15) is 34.8 Å². The molecule has 3 aromatic rings. The summed E-state index contributed by atoms with van der Waals surface area (Å²) in [6.45, 7) is 3.52. The van der Waals surface area contributed by atoms with Crippen LogP contribution in [-0.4, -0.2) is 43.5 Å². The number of amides is 1. The molecule has 0 bridgehead atoms. The smallest absolute Gasteiger partial charge is 0.253 e. The van der Waals surface area contributed by atoms with Crippen LogP contribution < -0.4 is 0 Å². The van der Waals surface area contributed by atoms with Crippen LogP contribution in [0.15, 0.2) is 55.1 Å². The van der Waals surface area contributed by atoms with E-state index in [0.717, 1.165) is 30.6 Å². The monoisotopic (exact) mass is 335 g/mol. The molecule has 6 heteroatoms. The van der Waals surface area contributed by atoms with E-state index in [2.05, 4.69) is 10.2 Å². The molecule has 4 rings (SSSR count). The number of benzene rings is 1. The molecule has 1 saturated heterocycles. The Labute approximate surface area is 146 Å². The minimum atomic E-state index is 0.0834. The number of rotatable bonds is 3. The maximum Gasteiger partial charge on any atom is 0.253 e. The van der Waals surface area contributed by atoms with Crippen molar-refractivity contribution < 1.29 is 4.79 Å². The molecule has 0 spiro atoms. The zero-order valence-electron chi connectivity index (χ0n) is 14.2. The summed E-state index contributed by atoms with van der Waals surface area (Å²) in [7, 11) is 0. The van der Waals surface area contributed by atoms with Gasteiger partial charge < -0.3 is 4.90 Å². The van der Waals surface area contributed by atoms with Crippen molar-refractivity contribution in [2.75, 3.05) is 13.1 Å². The van der Waals surface area contributed by atoms with Crippen molar-refractivity contribution in [3.8, 4) is 5.69 Å². The van der Waals surface area contributed by atoms with Gasteiger partial charge in [0.2, 0.25) is 0 Å². The summed E-state index contributed by atoms with van der Waals surface area (Å²) in [4.78, 5) is 14.8. The van der Waals surface area contributed by atoms with Crippen molar-refractivity contribution in [2.24, 2.45) is 0 Å². The first kappa shape index (κ1) is 15.6. The average Bonchev–Trinajstić information content (AvgIpc) is 3.33. The minimum absolute atomic E-state index is 0.0834. The first-order valence-electron chi connectivity index (χ1n) is 8.61. The van der Waals surface area contributed by atoms with Crippen molar-refractivity contribution >= 4 is 5.91 Å². The van der Waals surface area contributed by atoms with Crippen LogP contribution in [0.2, 0.25) is 0 Å². The largest absolute Gasteiger partial charge is 0.337 e. The zero-order chi connectivity index (χ0) is 17.2. The van der Waals surface area contributed by atoms with Gasteiger partial charge >= 0.3 is 0 Å². The minimum Gasteiger partial charge on any atom is -0.337 e. The van der Waals surface area contributed by atoms with Gasteiger partial charge in [0.15, 0.2) is 0 Å². The molecule has 6 nitrogen and oxygen atoms in total. The molecule has 0 unspecified atom stereocenters. The first-order chi connectivity index (χ1) is 12.2. The SMILES string of the molecule is Cc1cnn(-c2ccc(C(=O)N3CCC[C@@H](n4cccn4)C3)cc2)c1. The lowest BCUT2D eigenvalue weighted by Crippen LogP contribution is -2.40. The zero-order valence-corrected chi connectivity index (χ0v) is 14.2. The topological polar surface area (TPSA) is 56.0 Å². The quantitative estimate of drug-likeness (QED) is 0.739. The lowest BCUT2D eigenvalue weighted by molar-refractivity contribution is 0.0673. The molecule has 1 aliphatic rings. The molecule has 1 aliphatic heterocycles. The Morgan fingerprint density at radius 2 is 2.04 bits per heavy atom. The molecule has 3 heterocycles. The van der Waals surface area contributed by atoms with Crippen LogP contribution in [0.3, 0.4) is 0 Å². The number of nitrogens with zero attached hydrogens (tertiary/aromatic N) is 5. The highest BCUT2D eigenvalue weighted by molar-refractivity contribution is 5.94. The number of aromatic nitrogens is 4. The highest BCUT2D eigenvalue weighted by atomic mass is 16.2. The molecule has 128 valence electrons. The molecule has 1 fully saturated rings. The van der Waals surface area contributed by atoms with Gasteiger partial charge in [0.25, 0.3) is 5.91 Å². The standard InChI is InChI=1S/C19H21N5O/c1-15-12-21-24(13-15)17-7-5-16(6-8-17)19(25)22-10-2-4-18(14-22)23-11-3-9-20-23/h3,5-9,11-13,18H,2,4,10,14H2,1H3/t18-/m1/s1. The summed E-state index contributed by atoms with van der Waals surface area (Å²) < 4.78 is 3.78. The van der Waals surface area contributed by atoms with Crippen LogP contribution in [0, 0.1) is 6.92 Å². The number of carbonyl (C=O) groups excluding carboxylic acids is 1. The summed E-state index contributed by atoms with van der Waals surface area (Å²) in [5.41, 5.74) is 2.78. The Balaban J connectivity index is 1.48. The highest BCUT2D eigenvalue weighted by Gasteiger charge is 2.25. The third-order valence-corrected chi connectivity index (χ3v) is 4.67. The number of hydrogen-bond donors (Lipinski definition) is 0. The van der Waals surface area contributed by atoms with Gasteiger partial charge in [0.05, 0.1) is 17.9 Å².